The molecule has 0 radical (unpaired) electrons. The molecule has 0 N–H and O–H groups in total. The van der Waals surface area contributed by atoms with E-state index in [9.17, 15) is 25.0 Å². The van der Waals surface area contributed by atoms with Crippen molar-refractivity contribution >= 4 is 23.4 Å². The maximum absolute atomic E-state index is 11.1. The first-order chi connectivity index (χ1) is 8.95. The van der Waals surface area contributed by atoms with E-state index in [0.29, 0.717) is 0 Å². The number of hydrogen-bond donors (Lipinski definition) is 0. The highest BCUT2D eigenvalue weighted by atomic mass is 16.6. The number of rotatable bonds is 5. The molecule has 0 heterocycles. The van der Waals surface area contributed by atoms with Gasteiger partial charge >= 0.3 is 5.97 Å². The highest BCUT2D eigenvalue weighted by molar-refractivity contribution is 5.88. The highest BCUT2D eigenvalue weighted by Crippen LogP contribution is 2.25. The molecule has 0 saturated carbocycles. The number of nitrogens with zero attached hydrogens (tertiary/aromatic N) is 2. The van der Waals surface area contributed by atoms with Gasteiger partial charge in [0.05, 0.1) is 28.1 Å². The summed E-state index contributed by atoms with van der Waals surface area (Å²) in [4.78, 5) is 30.9. The minimum absolute atomic E-state index is 0.0867. The summed E-state index contributed by atoms with van der Waals surface area (Å²) in [7, 11) is 0. The molecule has 0 bridgehead atoms. The average Bonchev–Trinajstić information content (AvgIpc) is 2.36. The lowest BCUT2D eigenvalue weighted by molar-refractivity contribution is -0.394. The van der Waals surface area contributed by atoms with Gasteiger partial charge in [0.1, 0.15) is 0 Å². The van der Waals surface area contributed by atoms with Gasteiger partial charge in [-0.3, -0.25) is 20.2 Å². The fourth-order valence-corrected chi connectivity index (χ4v) is 1.29. The van der Waals surface area contributed by atoms with Gasteiger partial charge in [-0.1, -0.05) is 0 Å². The first-order valence-electron chi connectivity index (χ1n) is 5.23. The van der Waals surface area contributed by atoms with E-state index in [4.69, 9.17) is 0 Å². The second kappa shape index (κ2) is 6.24. The van der Waals surface area contributed by atoms with Crippen LogP contribution in [0.15, 0.2) is 24.3 Å². The van der Waals surface area contributed by atoms with Crippen molar-refractivity contribution < 1.29 is 19.4 Å². The number of ether oxygens (including phenoxy) is 1. The minimum atomic E-state index is -0.752. The molecular weight excluding hydrogens is 256 g/mol. The number of nitro groups is 2. The molecule has 1 rings (SSSR count). The molecule has 100 valence electrons. The summed E-state index contributed by atoms with van der Waals surface area (Å²) in [6.45, 7) is 1.81. The van der Waals surface area contributed by atoms with Crippen LogP contribution >= 0.6 is 0 Å². The lowest BCUT2D eigenvalue weighted by atomic mass is 10.1. The van der Waals surface area contributed by atoms with Crippen LogP contribution in [0.25, 0.3) is 6.08 Å². The van der Waals surface area contributed by atoms with Gasteiger partial charge in [0.25, 0.3) is 11.4 Å². The van der Waals surface area contributed by atoms with Crippen molar-refractivity contribution in [2.45, 2.75) is 6.92 Å². The van der Waals surface area contributed by atoms with Gasteiger partial charge in [0.2, 0.25) is 0 Å². The van der Waals surface area contributed by atoms with Crippen LogP contribution in [-0.4, -0.2) is 22.4 Å². The third-order valence-electron chi connectivity index (χ3n) is 2.11. The number of carbonyl (C=O) groups excluding carboxylic acids is 1. The molecule has 0 atom stereocenters. The molecule has 1 aromatic carbocycles. The van der Waals surface area contributed by atoms with Crippen LogP contribution in [-0.2, 0) is 9.53 Å². The van der Waals surface area contributed by atoms with Crippen LogP contribution in [0.2, 0.25) is 0 Å². The Morgan fingerprint density at radius 3 is 2.53 bits per heavy atom. The van der Waals surface area contributed by atoms with E-state index in [1.807, 2.05) is 0 Å². The zero-order chi connectivity index (χ0) is 14.4. The predicted molar refractivity (Wildman–Crippen MR) is 65.4 cm³/mol. The van der Waals surface area contributed by atoms with Crippen molar-refractivity contribution in [2.24, 2.45) is 0 Å². The molecule has 8 nitrogen and oxygen atoms in total. The molecule has 0 saturated heterocycles. The Morgan fingerprint density at radius 2 is 2.00 bits per heavy atom. The van der Waals surface area contributed by atoms with Crippen molar-refractivity contribution in [3.63, 3.8) is 0 Å². The molecule has 0 aliphatic rings. The van der Waals surface area contributed by atoms with Gasteiger partial charge in [0, 0.05) is 12.1 Å². The normalized spacial score (nSPS) is 10.4. The van der Waals surface area contributed by atoms with Crippen LogP contribution in [0.3, 0.4) is 0 Å². The van der Waals surface area contributed by atoms with Gasteiger partial charge in [-0.05, 0) is 19.1 Å². The van der Waals surface area contributed by atoms with E-state index in [0.717, 1.165) is 18.2 Å². The van der Waals surface area contributed by atoms with Gasteiger partial charge in [0.15, 0.2) is 0 Å². The number of non-ortho nitro benzene ring substituents is 1. The van der Waals surface area contributed by atoms with Crippen molar-refractivity contribution in [1.82, 2.24) is 0 Å². The van der Waals surface area contributed by atoms with Crippen molar-refractivity contribution in [1.29, 1.82) is 0 Å². The zero-order valence-electron chi connectivity index (χ0n) is 9.94. The van der Waals surface area contributed by atoms with Crippen molar-refractivity contribution in [3.8, 4) is 0 Å². The van der Waals surface area contributed by atoms with E-state index >= 15 is 0 Å². The van der Waals surface area contributed by atoms with Gasteiger partial charge < -0.3 is 4.74 Å². The zero-order valence-corrected chi connectivity index (χ0v) is 9.94. The van der Waals surface area contributed by atoms with E-state index in [-0.39, 0.29) is 17.9 Å². The van der Waals surface area contributed by atoms with Gasteiger partial charge in [-0.25, -0.2) is 4.79 Å². The summed E-state index contributed by atoms with van der Waals surface area (Å²) in [5, 5.41) is 21.3. The molecule has 0 aliphatic carbocycles. The van der Waals surface area contributed by atoms with E-state index in [1.165, 1.54) is 12.1 Å². The Kier molecular flexibility index (Phi) is 4.69. The summed E-state index contributed by atoms with van der Waals surface area (Å²) in [5.74, 6) is -0.643. The van der Waals surface area contributed by atoms with E-state index < -0.39 is 21.5 Å². The van der Waals surface area contributed by atoms with Gasteiger partial charge in [-0.2, -0.15) is 0 Å². The molecule has 0 fully saturated rings. The maximum Gasteiger partial charge on any atom is 0.330 e. The average molecular weight is 266 g/mol. The second-order valence-corrected chi connectivity index (χ2v) is 3.34. The Balaban J connectivity index is 3.10. The molecular formula is C11H10N2O6. The second-order valence-electron chi connectivity index (χ2n) is 3.34. The van der Waals surface area contributed by atoms with Crippen LogP contribution in [0.5, 0.6) is 0 Å². The number of benzene rings is 1. The minimum Gasteiger partial charge on any atom is -0.463 e. The topological polar surface area (TPSA) is 113 Å². The lowest BCUT2D eigenvalue weighted by Crippen LogP contribution is -1.99. The molecule has 0 spiro atoms. The van der Waals surface area contributed by atoms with Crippen LogP contribution in [0.1, 0.15) is 12.5 Å². The molecule has 0 aromatic heterocycles. The van der Waals surface area contributed by atoms with Crippen LogP contribution in [0.4, 0.5) is 11.4 Å². The summed E-state index contributed by atoms with van der Waals surface area (Å²) < 4.78 is 4.62. The summed E-state index contributed by atoms with van der Waals surface area (Å²) in [6.07, 6.45) is 2.21. The molecule has 0 unspecified atom stereocenters. The lowest BCUT2D eigenvalue weighted by Gasteiger charge is -1.98. The predicted octanol–water partition coefficient (Wildman–Crippen LogP) is 2.08. The largest absolute Gasteiger partial charge is 0.463 e. The van der Waals surface area contributed by atoms with Crippen LogP contribution in [0, 0.1) is 20.2 Å². The smallest absolute Gasteiger partial charge is 0.330 e. The third-order valence-corrected chi connectivity index (χ3v) is 2.11. The summed E-state index contributed by atoms with van der Waals surface area (Å²) in [5.41, 5.74) is -0.751. The summed E-state index contributed by atoms with van der Waals surface area (Å²) in [6, 6.07) is 3.16. The van der Waals surface area contributed by atoms with Crippen LogP contribution < -0.4 is 0 Å². The van der Waals surface area contributed by atoms with E-state index in [2.05, 4.69) is 4.74 Å². The van der Waals surface area contributed by atoms with Crippen molar-refractivity contribution in [3.05, 3.63) is 50.1 Å². The standard InChI is InChI=1S/C11H10N2O6/c1-2-19-11(14)6-4-8-3-5-9(12(15)16)7-10(8)13(17)18/h3-7H,2H2,1H3/b6-4-. The van der Waals surface area contributed by atoms with Crippen molar-refractivity contribution in [2.75, 3.05) is 6.61 Å². The Bertz CT molecular complexity index is 552. The fraction of sp³-hybridized carbons (Fsp3) is 0.182. The molecule has 8 heteroatoms. The van der Waals surface area contributed by atoms with Gasteiger partial charge in [-0.15, -0.1) is 0 Å². The molecule has 1 aromatic rings. The summed E-state index contributed by atoms with van der Waals surface area (Å²) >= 11 is 0. The molecule has 0 amide bonds. The Labute approximate surface area is 107 Å². The highest BCUT2D eigenvalue weighted by Gasteiger charge is 2.17. The maximum atomic E-state index is 11.1. The first kappa shape index (κ1) is 14.3. The van der Waals surface area contributed by atoms with E-state index in [1.54, 1.807) is 6.92 Å². The fourth-order valence-electron chi connectivity index (χ4n) is 1.29. The Hall–Kier alpha value is -2.77. The number of nitro benzene ring substituents is 2. The third kappa shape index (κ3) is 3.87. The Morgan fingerprint density at radius 1 is 1.32 bits per heavy atom. The number of esters is 1. The molecule has 19 heavy (non-hydrogen) atoms. The quantitative estimate of drug-likeness (QED) is 0.349. The SMILES string of the molecule is CCOC(=O)/C=C\c1ccc([N+](=O)[O-])cc1[N+](=O)[O-]. The number of carbonyl (C=O) groups is 1. The first-order valence-corrected chi connectivity index (χ1v) is 5.23. The molecule has 0 aliphatic heterocycles. The number of hydrogen-bond acceptors (Lipinski definition) is 6. The monoisotopic (exact) mass is 266 g/mol.